The molecule has 102 valence electrons. The van der Waals surface area contributed by atoms with E-state index in [0.717, 1.165) is 18.6 Å². The summed E-state index contributed by atoms with van der Waals surface area (Å²) in [6.07, 6.45) is 2.43. The van der Waals surface area contributed by atoms with Crippen LogP contribution in [0, 0.1) is 0 Å². The first-order chi connectivity index (χ1) is 8.95. The third-order valence-electron chi connectivity index (χ3n) is 2.10. The Labute approximate surface area is 120 Å². The standard InChI is InChI=1S/C13H12Cl2O4/c1-2-5-19-13-9(6-8(14)7-10(13)15)11(16)3-4-12(17)18/h3-4,6-7H,2,5H2,1H3,(H,17,18)/b4-3+. The number of carboxylic acids is 1. The van der Waals surface area contributed by atoms with Crippen LogP contribution in [-0.4, -0.2) is 23.5 Å². The monoisotopic (exact) mass is 302 g/mol. The minimum atomic E-state index is -1.21. The average molecular weight is 303 g/mol. The molecule has 0 radical (unpaired) electrons. The van der Waals surface area contributed by atoms with Gasteiger partial charge in [-0.1, -0.05) is 30.1 Å². The van der Waals surface area contributed by atoms with Crippen LogP contribution in [0.1, 0.15) is 23.7 Å². The highest BCUT2D eigenvalue weighted by Crippen LogP contribution is 2.33. The third kappa shape index (κ3) is 4.58. The maximum atomic E-state index is 11.9. The number of ether oxygens (including phenoxy) is 1. The summed E-state index contributed by atoms with van der Waals surface area (Å²) in [7, 11) is 0. The Morgan fingerprint density at radius 2 is 2.00 bits per heavy atom. The molecule has 4 nitrogen and oxygen atoms in total. The van der Waals surface area contributed by atoms with E-state index in [1.54, 1.807) is 0 Å². The highest BCUT2D eigenvalue weighted by atomic mass is 35.5. The smallest absolute Gasteiger partial charge is 0.328 e. The van der Waals surface area contributed by atoms with Gasteiger partial charge in [0.1, 0.15) is 5.75 Å². The summed E-state index contributed by atoms with van der Waals surface area (Å²) in [5.74, 6) is -1.52. The van der Waals surface area contributed by atoms with Crippen molar-refractivity contribution >= 4 is 35.0 Å². The van der Waals surface area contributed by atoms with E-state index in [4.69, 9.17) is 33.0 Å². The first-order valence-corrected chi connectivity index (χ1v) is 6.28. The average Bonchev–Trinajstić information content (AvgIpc) is 2.34. The Kier molecular flexibility index (Phi) is 5.86. The van der Waals surface area contributed by atoms with Gasteiger partial charge in [0.05, 0.1) is 17.2 Å². The molecular formula is C13H12Cl2O4. The van der Waals surface area contributed by atoms with Crippen molar-refractivity contribution in [3.63, 3.8) is 0 Å². The van der Waals surface area contributed by atoms with Gasteiger partial charge in [0.15, 0.2) is 5.78 Å². The Balaban J connectivity index is 3.16. The van der Waals surface area contributed by atoms with E-state index in [0.29, 0.717) is 6.61 Å². The fraction of sp³-hybridized carbons (Fsp3) is 0.231. The zero-order chi connectivity index (χ0) is 14.4. The van der Waals surface area contributed by atoms with Crippen molar-refractivity contribution in [1.29, 1.82) is 0 Å². The summed E-state index contributed by atoms with van der Waals surface area (Å²) in [6.45, 7) is 2.31. The zero-order valence-corrected chi connectivity index (χ0v) is 11.7. The molecule has 6 heteroatoms. The largest absolute Gasteiger partial charge is 0.491 e. The molecule has 0 spiro atoms. The first kappa shape index (κ1) is 15.5. The van der Waals surface area contributed by atoms with Gasteiger partial charge in [-0.3, -0.25) is 4.79 Å². The number of carbonyl (C=O) groups excluding carboxylic acids is 1. The minimum absolute atomic E-state index is 0.142. The van der Waals surface area contributed by atoms with Gasteiger partial charge in [0.25, 0.3) is 0 Å². The fourth-order valence-corrected chi connectivity index (χ4v) is 1.88. The lowest BCUT2D eigenvalue weighted by Gasteiger charge is -2.11. The number of hydrogen-bond acceptors (Lipinski definition) is 3. The van der Waals surface area contributed by atoms with E-state index >= 15 is 0 Å². The molecule has 0 saturated carbocycles. The van der Waals surface area contributed by atoms with E-state index in [2.05, 4.69) is 0 Å². The van der Waals surface area contributed by atoms with Crippen LogP contribution in [0.5, 0.6) is 5.75 Å². The second-order valence-corrected chi connectivity index (χ2v) is 4.49. The predicted octanol–water partition coefficient (Wildman–Crippen LogP) is 3.61. The number of allylic oxidation sites excluding steroid dienone is 1. The molecule has 19 heavy (non-hydrogen) atoms. The van der Waals surface area contributed by atoms with Gasteiger partial charge in [-0.05, 0) is 24.6 Å². The lowest BCUT2D eigenvalue weighted by molar-refractivity contribution is -0.131. The second kappa shape index (κ2) is 7.16. The highest BCUT2D eigenvalue weighted by molar-refractivity contribution is 6.36. The van der Waals surface area contributed by atoms with Crippen molar-refractivity contribution < 1.29 is 19.4 Å². The number of hydrogen-bond donors (Lipinski definition) is 1. The van der Waals surface area contributed by atoms with Crippen LogP contribution in [0.2, 0.25) is 10.0 Å². The Bertz CT molecular complexity index is 524. The quantitative estimate of drug-likeness (QED) is 0.644. The maximum absolute atomic E-state index is 11.9. The number of halogens is 2. The lowest BCUT2D eigenvalue weighted by atomic mass is 10.1. The number of rotatable bonds is 6. The van der Waals surface area contributed by atoms with Crippen molar-refractivity contribution in [1.82, 2.24) is 0 Å². The maximum Gasteiger partial charge on any atom is 0.328 e. The highest BCUT2D eigenvalue weighted by Gasteiger charge is 2.15. The van der Waals surface area contributed by atoms with Crippen molar-refractivity contribution in [2.24, 2.45) is 0 Å². The fourth-order valence-electron chi connectivity index (χ4n) is 1.33. The molecule has 0 atom stereocenters. The molecule has 0 bridgehead atoms. The molecule has 0 saturated heterocycles. The SMILES string of the molecule is CCCOc1c(Cl)cc(Cl)cc1C(=O)/C=C/C(=O)O. The van der Waals surface area contributed by atoms with Crippen LogP contribution in [0.15, 0.2) is 24.3 Å². The lowest BCUT2D eigenvalue weighted by Crippen LogP contribution is -2.04. The van der Waals surface area contributed by atoms with Gasteiger partial charge in [-0.15, -0.1) is 0 Å². The van der Waals surface area contributed by atoms with Crippen LogP contribution in [0.25, 0.3) is 0 Å². The molecule has 0 heterocycles. The summed E-state index contributed by atoms with van der Waals surface area (Å²) in [6, 6.07) is 2.86. The number of ketones is 1. The molecule has 0 aromatic heterocycles. The van der Waals surface area contributed by atoms with Gasteiger partial charge in [-0.25, -0.2) is 4.79 Å². The molecule has 0 aliphatic rings. The van der Waals surface area contributed by atoms with Crippen molar-refractivity contribution in [3.05, 3.63) is 39.9 Å². The van der Waals surface area contributed by atoms with Crippen LogP contribution < -0.4 is 4.74 Å². The molecule has 1 aromatic carbocycles. The molecule has 0 unspecified atom stereocenters. The molecule has 0 fully saturated rings. The normalized spacial score (nSPS) is 10.7. The van der Waals surface area contributed by atoms with Crippen molar-refractivity contribution in [3.8, 4) is 5.75 Å². The molecule has 1 N–H and O–H groups in total. The topological polar surface area (TPSA) is 63.6 Å². The summed E-state index contributed by atoms with van der Waals surface area (Å²) >= 11 is 11.8. The van der Waals surface area contributed by atoms with Crippen LogP contribution in [0.4, 0.5) is 0 Å². The molecule has 0 amide bonds. The van der Waals surface area contributed by atoms with Gasteiger partial charge in [0.2, 0.25) is 0 Å². The molecule has 0 aliphatic carbocycles. The van der Waals surface area contributed by atoms with E-state index in [-0.39, 0.29) is 21.4 Å². The number of benzene rings is 1. The van der Waals surface area contributed by atoms with E-state index in [1.807, 2.05) is 6.92 Å². The second-order valence-electron chi connectivity index (χ2n) is 3.65. The Morgan fingerprint density at radius 1 is 1.32 bits per heavy atom. The first-order valence-electron chi connectivity index (χ1n) is 5.53. The summed E-state index contributed by atoms with van der Waals surface area (Å²) < 4.78 is 5.41. The van der Waals surface area contributed by atoms with Crippen LogP contribution in [-0.2, 0) is 4.79 Å². The van der Waals surface area contributed by atoms with Crippen LogP contribution in [0.3, 0.4) is 0 Å². The summed E-state index contributed by atoms with van der Waals surface area (Å²) in [4.78, 5) is 22.3. The third-order valence-corrected chi connectivity index (χ3v) is 2.60. The van der Waals surface area contributed by atoms with Gasteiger partial charge in [0, 0.05) is 11.1 Å². The van der Waals surface area contributed by atoms with Gasteiger partial charge >= 0.3 is 5.97 Å². The Hall–Kier alpha value is -1.52. The number of carbonyl (C=O) groups is 2. The molecule has 1 rings (SSSR count). The van der Waals surface area contributed by atoms with Gasteiger partial charge < -0.3 is 9.84 Å². The van der Waals surface area contributed by atoms with Crippen molar-refractivity contribution in [2.45, 2.75) is 13.3 Å². The molecular weight excluding hydrogens is 291 g/mol. The van der Waals surface area contributed by atoms with E-state index in [1.165, 1.54) is 12.1 Å². The predicted molar refractivity (Wildman–Crippen MR) is 73.4 cm³/mol. The van der Waals surface area contributed by atoms with E-state index in [9.17, 15) is 9.59 Å². The van der Waals surface area contributed by atoms with Gasteiger partial charge in [-0.2, -0.15) is 0 Å². The van der Waals surface area contributed by atoms with Crippen molar-refractivity contribution in [2.75, 3.05) is 6.61 Å². The Morgan fingerprint density at radius 3 is 2.58 bits per heavy atom. The van der Waals surface area contributed by atoms with E-state index < -0.39 is 11.8 Å². The number of carboxylic acid groups (broad SMARTS) is 1. The number of aliphatic carboxylic acids is 1. The summed E-state index contributed by atoms with van der Waals surface area (Å²) in [5.41, 5.74) is 0.142. The minimum Gasteiger partial charge on any atom is -0.491 e. The summed E-state index contributed by atoms with van der Waals surface area (Å²) in [5, 5.41) is 9.00. The molecule has 1 aromatic rings. The zero-order valence-electron chi connectivity index (χ0n) is 10.2. The van der Waals surface area contributed by atoms with Crippen LogP contribution >= 0.6 is 23.2 Å². The molecule has 0 aliphatic heterocycles.